The van der Waals surface area contributed by atoms with E-state index in [0.717, 1.165) is 41.6 Å². The van der Waals surface area contributed by atoms with Crippen LogP contribution < -0.4 is 5.32 Å². The fraction of sp³-hybridized carbons (Fsp3) is 0.280. The normalized spacial score (nSPS) is 16.2. The molecule has 1 aliphatic heterocycles. The first kappa shape index (κ1) is 21.1. The third kappa shape index (κ3) is 4.84. The van der Waals surface area contributed by atoms with Crippen LogP contribution in [0.1, 0.15) is 35.6 Å². The van der Waals surface area contributed by atoms with Crippen LogP contribution in [-0.4, -0.2) is 44.1 Å². The Labute approximate surface area is 191 Å². The first-order chi connectivity index (χ1) is 16.2. The van der Waals surface area contributed by atoms with E-state index in [0.29, 0.717) is 31.0 Å². The van der Waals surface area contributed by atoms with Crippen LogP contribution in [0.15, 0.2) is 60.9 Å². The molecule has 0 aliphatic carbocycles. The molecule has 1 saturated heterocycles. The Morgan fingerprint density at radius 3 is 2.73 bits per heavy atom. The fourth-order valence-corrected chi connectivity index (χ4v) is 4.30. The number of piperidine rings is 1. The topological polar surface area (TPSA) is 86.8 Å². The van der Waals surface area contributed by atoms with Crippen molar-refractivity contribution < 1.29 is 9.18 Å². The van der Waals surface area contributed by atoms with Gasteiger partial charge in [0.1, 0.15) is 5.82 Å². The van der Waals surface area contributed by atoms with Crippen molar-refractivity contribution in [2.75, 3.05) is 18.4 Å². The molecule has 4 heterocycles. The molecule has 33 heavy (non-hydrogen) atoms. The quantitative estimate of drug-likeness (QED) is 0.469. The van der Waals surface area contributed by atoms with E-state index in [4.69, 9.17) is 4.98 Å². The van der Waals surface area contributed by atoms with Gasteiger partial charge in [0, 0.05) is 43.6 Å². The van der Waals surface area contributed by atoms with Gasteiger partial charge in [-0.05, 0) is 60.4 Å². The van der Waals surface area contributed by atoms with Gasteiger partial charge in [-0.1, -0.05) is 12.1 Å². The lowest BCUT2D eigenvalue weighted by Gasteiger charge is -2.32. The third-order valence-electron chi connectivity index (χ3n) is 6.12. The molecule has 0 spiro atoms. The van der Waals surface area contributed by atoms with E-state index >= 15 is 0 Å². The van der Waals surface area contributed by atoms with Crippen LogP contribution in [0.2, 0.25) is 0 Å². The van der Waals surface area contributed by atoms with E-state index in [9.17, 15) is 9.18 Å². The van der Waals surface area contributed by atoms with Gasteiger partial charge in [-0.2, -0.15) is 5.10 Å². The summed E-state index contributed by atoms with van der Waals surface area (Å²) in [4.78, 5) is 23.6. The second-order valence-electron chi connectivity index (χ2n) is 8.40. The number of anilines is 1. The van der Waals surface area contributed by atoms with Crippen molar-refractivity contribution in [1.29, 1.82) is 0 Å². The summed E-state index contributed by atoms with van der Waals surface area (Å²) in [6.07, 6.45) is 5.79. The highest BCUT2D eigenvalue weighted by Crippen LogP contribution is 2.29. The maximum atomic E-state index is 13.1. The van der Waals surface area contributed by atoms with Crippen molar-refractivity contribution in [2.45, 2.75) is 31.7 Å². The minimum Gasteiger partial charge on any atom is -0.364 e. The standard InChI is InChI=1S/C25H25FN6O/c26-20-5-3-18(4-6-20)15-28-24-21-7-8-22(29-25(21)31-30-24)19-2-1-13-32(16-19)23(33)14-17-9-11-27-12-10-17/h3-12,19H,1-2,13-16H2,(H2,28,29,30,31)/t19-/m0/s1. The predicted octanol–water partition coefficient (Wildman–Crippen LogP) is 4.05. The number of aromatic amines is 1. The Morgan fingerprint density at radius 1 is 1.09 bits per heavy atom. The SMILES string of the molecule is O=C(Cc1ccncc1)N1CCC[C@H](c2ccc3c(NCc4ccc(F)cc4)n[nH]c3n2)C1. The second-order valence-corrected chi connectivity index (χ2v) is 8.40. The van der Waals surface area contributed by atoms with Gasteiger partial charge < -0.3 is 10.2 Å². The van der Waals surface area contributed by atoms with Gasteiger partial charge in [0.25, 0.3) is 0 Å². The summed E-state index contributed by atoms with van der Waals surface area (Å²) in [6, 6.07) is 14.2. The van der Waals surface area contributed by atoms with Crippen molar-refractivity contribution in [1.82, 2.24) is 25.1 Å². The van der Waals surface area contributed by atoms with E-state index in [-0.39, 0.29) is 17.6 Å². The number of aromatic nitrogens is 4. The predicted molar refractivity (Wildman–Crippen MR) is 124 cm³/mol. The van der Waals surface area contributed by atoms with E-state index in [2.05, 4.69) is 20.5 Å². The lowest BCUT2D eigenvalue weighted by molar-refractivity contribution is -0.131. The lowest BCUT2D eigenvalue weighted by Crippen LogP contribution is -2.40. The Kier molecular flexibility index (Phi) is 5.97. The summed E-state index contributed by atoms with van der Waals surface area (Å²) in [5.74, 6) is 0.802. The molecular formula is C25H25FN6O. The zero-order chi connectivity index (χ0) is 22.6. The smallest absolute Gasteiger partial charge is 0.227 e. The fourth-order valence-electron chi connectivity index (χ4n) is 4.30. The number of likely N-dealkylation sites (tertiary alicyclic amines) is 1. The minimum atomic E-state index is -0.249. The Morgan fingerprint density at radius 2 is 1.91 bits per heavy atom. The summed E-state index contributed by atoms with van der Waals surface area (Å²) in [5.41, 5.74) is 3.64. The van der Waals surface area contributed by atoms with Gasteiger partial charge in [0.15, 0.2) is 11.5 Å². The number of carbonyl (C=O) groups is 1. The number of benzene rings is 1. The molecule has 7 nitrogen and oxygen atoms in total. The van der Waals surface area contributed by atoms with E-state index < -0.39 is 0 Å². The number of pyridine rings is 2. The second kappa shape index (κ2) is 9.36. The molecule has 0 unspecified atom stereocenters. The molecule has 1 aliphatic rings. The number of rotatable bonds is 6. The average molecular weight is 445 g/mol. The number of fused-ring (bicyclic) bond motifs is 1. The van der Waals surface area contributed by atoms with E-state index in [1.807, 2.05) is 29.2 Å². The number of hydrogen-bond donors (Lipinski definition) is 2. The first-order valence-electron chi connectivity index (χ1n) is 11.2. The van der Waals surface area contributed by atoms with Crippen LogP contribution in [0.5, 0.6) is 0 Å². The summed E-state index contributed by atoms with van der Waals surface area (Å²) >= 11 is 0. The Bertz CT molecular complexity index is 1240. The summed E-state index contributed by atoms with van der Waals surface area (Å²) in [5, 5.41) is 11.6. The van der Waals surface area contributed by atoms with E-state index in [1.54, 1.807) is 24.5 Å². The van der Waals surface area contributed by atoms with Gasteiger partial charge in [0.2, 0.25) is 5.91 Å². The van der Waals surface area contributed by atoms with Crippen LogP contribution in [-0.2, 0) is 17.8 Å². The third-order valence-corrected chi connectivity index (χ3v) is 6.12. The molecule has 0 saturated carbocycles. The van der Waals surface area contributed by atoms with Crippen molar-refractivity contribution in [3.8, 4) is 0 Å². The number of hydrogen-bond acceptors (Lipinski definition) is 5. The number of nitrogens with one attached hydrogen (secondary N) is 2. The molecule has 0 bridgehead atoms. The van der Waals surface area contributed by atoms with Crippen LogP contribution in [0.3, 0.4) is 0 Å². The number of carbonyl (C=O) groups excluding carboxylic acids is 1. The van der Waals surface area contributed by atoms with Crippen LogP contribution in [0.4, 0.5) is 10.2 Å². The van der Waals surface area contributed by atoms with Gasteiger partial charge in [-0.25, -0.2) is 9.37 Å². The molecule has 0 radical (unpaired) electrons. The van der Waals surface area contributed by atoms with Crippen molar-refractivity contribution in [3.05, 3.63) is 83.6 Å². The van der Waals surface area contributed by atoms with Crippen LogP contribution in [0.25, 0.3) is 11.0 Å². The van der Waals surface area contributed by atoms with Gasteiger partial charge >= 0.3 is 0 Å². The summed E-state index contributed by atoms with van der Waals surface area (Å²) < 4.78 is 13.1. The largest absolute Gasteiger partial charge is 0.364 e. The number of halogens is 1. The lowest BCUT2D eigenvalue weighted by atomic mass is 9.93. The van der Waals surface area contributed by atoms with Gasteiger partial charge in [-0.3, -0.25) is 14.9 Å². The molecule has 1 atom stereocenters. The molecule has 4 aromatic rings. The molecule has 3 aromatic heterocycles. The highest BCUT2D eigenvalue weighted by atomic mass is 19.1. The maximum absolute atomic E-state index is 13.1. The Balaban J connectivity index is 1.25. The minimum absolute atomic E-state index is 0.140. The number of nitrogens with zero attached hydrogens (tertiary/aromatic N) is 4. The molecule has 5 rings (SSSR count). The monoisotopic (exact) mass is 444 g/mol. The summed E-state index contributed by atoms with van der Waals surface area (Å²) in [6.45, 7) is 2.00. The molecule has 2 N–H and O–H groups in total. The number of H-pyrrole nitrogens is 1. The molecule has 1 fully saturated rings. The highest BCUT2D eigenvalue weighted by molar-refractivity contribution is 5.87. The van der Waals surface area contributed by atoms with Crippen molar-refractivity contribution >= 4 is 22.8 Å². The van der Waals surface area contributed by atoms with Gasteiger partial charge in [-0.15, -0.1) is 0 Å². The van der Waals surface area contributed by atoms with E-state index in [1.165, 1.54) is 12.1 Å². The highest BCUT2D eigenvalue weighted by Gasteiger charge is 2.26. The Hall–Kier alpha value is -3.81. The molecule has 8 heteroatoms. The van der Waals surface area contributed by atoms with Crippen LogP contribution in [0, 0.1) is 5.82 Å². The van der Waals surface area contributed by atoms with Gasteiger partial charge in [0.05, 0.1) is 11.8 Å². The van der Waals surface area contributed by atoms with Crippen LogP contribution >= 0.6 is 0 Å². The average Bonchev–Trinajstić information content (AvgIpc) is 3.26. The summed E-state index contributed by atoms with van der Waals surface area (Å²) in [7, 11) is 0. The first-order valence-corrected chi connectivity index (χ1v) is 11.2. The molecular weight excluding hydrogens is 419 g/mol. The molecule has 168 valence electrons. The zero-order valence-corrected chi connectivity index (χ0v) is 18.2. The van der Waals surface area contributed by atoms with Crippen molar-refractivity contribution in [2.24, 2.45) is 0 Å². The number of amides is 1. The van der Waals surface area contributed by atoms with Crippen molar-refractivity contribution in [3.63, 3.8) is 0 Å². The zero-order valence-electron chi connectivity index (χ0n) is 18.2. The molecule has 1 aromatic carbocycles. The maximum Gasteiger partial charge on any atom is 0.227 e. The molecule has 1 amide bonds.